The molecule has 1 aromatic heterocycles. The average Bonchev–Trinajstić information content (AvgIpc) is 1.25. The smallest absolute Gasteiger partial charge is 0.333 e. The highest BCUT2D eigenvalue weighted by Gasteiger charge is 2.47. The second-order valence-electron chi connectivity index (χ2n) is 29.6. The summed E-state index contributed by atoms with van der Waals surface area (Å²) in [5, 5.41) is 2.31. The zero-order valence-corrected chi connectivity index (χ0v) is 55.1. The third kappa shape index (κ3) is 9.98. The molecule has 0 unspecified atom stereocenters. The van der Waals surface area contributed by atoms with Crippen LogP contribution in [0.15, 0.2) is 271 Å². The molecule has 3 heterocycles. The van der Waals surface area contributed by atoms with E-state index >= 15 is 0 Å². The van der Waals surface area contributed by atoms with Gasteiger partial charge in [-0.05, 0) is 209 Å². The lowest BCUT2D eigenvalue weighted by atomic mass is 9.43. The third-order valence-electron chi connectivity index (χ3n) is 20.6. The Hall–Kier alpha value is -10.1. The van der Waals surface area contributed by atoms with Gasteiger partial charge in [-0.1, -0.05) is 239 Å². The summed E-state index contributed by atoms with van der Waals surface area (Å²) in [6.45, 7) is 23.3. The molecule has 0 bridgehead atoms. The van der Waals surface area contributed by atoms with Crippen LogP contribution in [0.5, 0.6) is 0 Å². The Kier molecular flexibility index (Phi) is 13.6. The molecule has 0 saturated carbocycles. The van der Waals surface area contributed by atoms with Crippen LogP contribution >= 0.6 is 0 Å². The maximum atomic E-state index is 7.26. The molecule has 3 aliphatic rings. The summed E-state index contributed by atoms with van der Waals surface area (Å²) in [4.78, 5) is 7.79. The van der Waals surface area contributed by atoms with Crippen molar-refractivity contribution in [3.05, 3.63) is 289 Å². The molecular formula is C88H78BN3O. The molecular weight excluding hydrogens is 1130 g/mol. The number of furan rings is 1. The van der Waals surface area contributed by atoms with Crippen LogP contribution in [0.1, 0.15) is 104 Å². The van der Waals surface area contributed by atoms with Gasteiger partial charge in [0.05, 0.1) is 5.69 Å². The largest absolute Gasteiger partial charge is 0.456 e. The van der Waals surface area contributed by atoms with Gasteiger partial charge in [-0.2, -0.15) is 0 Å². The van der Waals surface area contributed by atoms with E-state index in [1.165, 1.54) is 60.8 Å². The first-order valence-electron chi connectivity index (χ1n) is 33.3. The number of anilines is 8. The minimum Gasteiger partial charge on any atom is -0.456 e. The minimum absolute atomic E-state index is 0.0236. The van der Waals surface area contributed by atoms with Gasteiger partial charge in [0.15, 0.2) is 0 Å². The fourth-order valence-corrected chi connectivity index (χ4v) is 15.3. The quantitative estimate of drug-likeness (QED) is 0.134. The van der Waals surface area contributed by atoms with E-state index < -0.39 is 0 Å². The Balaban J connectivity index is 1.03. The van der Waals surface area contributed by atoms with Gasteiger partial charge in [0.1, 0.15) is 11.2 Å². The summed E-state index contributed by atoms with van der Waals surface area (Å²) in [5.41, 5.74) is 30.0. The number of hydrogen-bond acceptors (Lipinski definition) is 4. The van der Waals surface area contributed by atoms with Crippen molar-refractivity contribution in [3.8, 4) is 55.6 Å². The lowest BCUT2D eigenvalue weighted by molar-refractivity contribution is 0.332. The predicted molar refractivity (Wildman–Crippen MR) is 397 cm³/mol. The maximum Gasteiger partial charge on any atom is 0.333 e. The monoisotopic (exact) mass is 1200 g/mol. The van der Waals surface area contributed by atoms with Crippen LogP contribution in [0.25, 0.3) is 77.6 Å². The Morgan fingerprint density at radius 3 is 1.45 bits per heavy atom. The van der Waals surface area contributed by atoms with Gasteiger partial charge in [-0.25, -0.2) is 0 Å². The Bertz CT molecular complexity index is 4970. The molecule has 0 radical (unpaired) electrons. The predicted octanol–water partition coefficient (Wildman–Crippen LogP) is 23.4. The van der Waals surface area contributed by atoms with Crippen molar-refractivity contribution in [1.29, 1.82) is 0 Å². The highest BCUT2D eigenvalue weighted by Crippen LogP contribution is 2.54. The molecule has 13 aromatic rings. The third-order valence-corrected chi connectivity index (χ3v) is 20.6. The lowest BCUT2D eigenvalue weighted by Crippen LogP contribution is -2.61. The molecule has 0 saturated heterocycles. The van der Waals surface area contributed by atoms with E-state index in [1.807, 2.05) is 0 Å². The molecule has 12 aromatic carbocycles. The number of rotatable bonds is 9. The van der Waals surface area contributed by atoms with Gasteiger partial charge in [-0.3, -0.25) is 0 Å². The summed E-state index contributed by atoms with van der Waals surface area (Å²) >= 11 is 0. The topological polar surface area (TPSA) is 22.9 Å². The fraction of sp³-hybridized carbons (Fsp3) is 0.182. The van der Waals surface area contributed by atoms with Crippen molar-refractivity contribution < 1.29 is 4.42 Å². The summed E-state index contributed by atoms with van der Waals surface area (Å²) in [6, 6.07) is 101. The molecule has 0 N–H and O–H groups in total. The van der Waals surface area contributed by atoms with Crippen molar-refractivity contribution in [2.45, 2.75) is 104 Å². The van der Waals surface area contributed by atoms with Gasteiger partial charge in [0, 0.05) is 61.7 Å². The molecule has 0 spiro atoms. The van der Waals surface area contributed by atoms with Gasteiger partial charge >= 0.3 is 6.85 Å². The van der Waals surface area contributed by atoms with E-state index in [-0.39, 0.29) is 28.5 Å². The Morgan fingerprint density at radius 1 is 0.366 bits per heavy atom. The number of hydrogen-bond donors (Lipinski definition) is 0. The highest BCUT2D eigenvalue weighted by atomic mass is 16.3. The first-order valence-corrected chi connectivity index (χ1v) is 33.3. The number of nitrogens with zero attached hydrogens (tertiary/aromatic N) is 3. The second-order valence-corrected chi connectivity index (χ2v) is 29.6. The van der Waals surface area contributed by atoms with Crippen LogP contribution in [-0.2, 0) is 21.7 Å². The van der Waals surface area contributed by atoms with Crippen molar-refractivity contribution in [2.24, 2.45) is 0 Å². The van der Waals surface area contributed by atoms with Gasteiger partial charge in [-0.15, -0.1) is 0 Å². The molecule has 16 rings (SSSR count). The Morgan fingerprint density at radius 2 is 0.871 bits per heavy atom. The maximum absolute atomic E-state index is 7.26. The van der Waals surface area contributed by atoms with Gasteiger partial charge in [0.2, 0.25) is 0 Å². The fourth-order valence-electron chi connectivity index (χ4n) is 15.3. The lowest BCUT2D eigenvalue weighted by Gasteiger charge is -2.46. The molecule has 0 atom stereocenters. The van der Waals surface area contributed by atoms with Crippen molar-refractivity contribution in [1.82, 2.24) is 0 Å². The summed E-state index contributed by atoms with van der Waals surface area (Å²) in [6.07, 6.45) is 2.27. The standard InChI is InChI=1S/C88H78BN3O/c1-85(2,3)64-37-40-66(41-38-64)92-79-54-73-72-53-75-76(88(9,10)46-45-87(75,7)8)56-83(72)93-82(73)55-71(79)74-49-63(59-29-19-13-20-30-59)50-81-84(74)89(92)77-43-42-69(52-80(77)91(81)78-44-39-65(86(4,5)6)51-70(78)60-31-21-14-22-32-60)90(67-35-23-33-61(47-67)57-25-15-11-16-26-57)68-36-24-34-62(48-68)58-27-17-12-18-28-58/h11-44,47-56H,45-46H2,1-10H3. The Labute approximate surface area is 549 Å². The van der Waals surface area contributed by atoms with E-state index in [2.05, 4.69) is 351 Å². The van der Waals surface area contributed by atoms with Crippen LogP contribution in [0, 0.1) is 0 Å². The number of fused-ring (bicyclic) bond motifs is 8. The highest BCUT2D eigenvalue weighted by molar-refractivity contribution is 6.93. The van der Waals surface area contributed by atoms with Crippen LogP contribution in [0.3, 0.4) is 0 Å². The van der Waals surface area contributed by atoms with Crippen LogP contribution in [-0.4, -0.2) is 6.85 Å². The van der Waals surface area contributed by atoms with Crippen LogP contribution in [0.4, 0.5) is 45.5 Å². The molecule has 0 amide bonds. The summed E-state index contributed by atoms with van der Waals surface area (Å²) < 4.78 is 7.26. The van der Waals surface area contributed by atoms with Gasteiger partial charge in [0.25, 0.3) is 0 Å². The minimum atomic E-state index is -0.276. The van der Waals surface area contributed by atoms with Crippen LogP contribution < -0.4 is 25.5 Å². The first-order chi connectivity index (χ1) is 44.8. The van der Waals surface area contributed by atoms with E-state index in [1.54, 1.807) is 0 Å². The average molecular weight is 1200 g/mol. The van der Waals surface area contributed by atoms with E-state index in [0.717, 1.165) is 108 Å². The summed E-state index contributed by atoms with van der Waals surface area (Å²) in [5.74, 6) is 0. The normalized spacial score (nSPS) is 14.6. The summed E-state index contributed by atoms with van der Waals surface area (Å²) in [7, 11) is 0. The van der Waals surface area contributed by atoms with Crippen molar-refractivity contribution >= 4 is 85.2 Å². The molecule has 2 aliphatic heterocycles. The zero-order valence-electron chi connectivity index (χ0n) is 55.1. The van der Waals surface area contributed by atoms with E-state index in [0.29, 0.717) is 0 Å². The molecule has 4 nitrogen and oxygen atoms in total. The van der Waals surface area contributed by atoms with Gasteiger partial charge < -0.3 is 19.0 Å². The second kappa shape index (κ2) is 21.8. The molecule has 5 heteroatoms. The molecule has 93 heavy (non-hydrogen) atoms. The van der Waals surface area contributed by atoms with E-state index in [4.69, 9.17) is 4.42 Å². The van der Waals surface area contributed by atoms with Crippen LogP contribution in [0.2, 0.25) is 0 Å². The molecule has 454 valence electrons. The SMILES string of the molecule is CC(C)(C)c1ccc(N2B3c4ccc(N(c5cccc(-c6ccccc6)c5)c5cccc(-c6ccccc6)c5)cc4N(c4ccc(C(C)(C)C)cc4-c4ccccc4)c4cc(-c5ccccc5)cc(c43)-c3cc4oc5cc6c(cc5c4cc32)C(C)(C)CCC6(C)C)cc1. The van der Waals surface area contributed by atoms with Crippen molar-refractivity contribution in [3.63, 3.8) is 0 Å². The zero-order chi connectivity index (χ0) is 63.7. The number of benzene rings is 12. The molecule has 0 fully saturated rings. The molecule has 1 aliphatic carbocycles. The van der Waals surface area contributed by atoms with Crippen molar-refractivity contribution in [2.75, 3.05) is 14.6 Å². The van der Waals surface area contributed by atoms with E-state index in [9.17, 15) is 0 Å². The first kappa shape index (κ1) is 58.0.